The molecule has 1 aliphatic heterocycles. The molecule has 1 amide bonds. The van der Waals surface area contributed by atoms with Gasteiger partial charge in [-0.05, 0) is 25.7 Å². The van der Waals surface area contributed by atoms with E-state index in [1.165, 1.54) is 0 Å². The Morgan fingerprint density at radius 1 is 1.14 bits per heavy atom. The molecule has 5 nitrogen and oxygen atoms in total. The molecule has 0 spiro atoms. The highest BCUT2D eigenvalue weighted by atomic mass is 16.4. The first-order valence-corrected chi connectivity index (χ1v) is 8.00. The number of hydrogen-bond acceptors (Lipinski definition) is 3. The van der Waals surface area contributed by atoms with E-state index >= 15 is 0 Å². The number of ketones is 1. The Morgan fingerprint density at radius 2 is 1.81 bits per heavy atom. The van der Waals surface area contributed by atoms with Crippen molar-refractivity contribution in [2.75, 3.05) is 6.54 Å². The minimum absolute atomic E-state index is 0.194. The van der Waals surface area contributed by atoms with Crippen molar-refractivity contribution in [2.45, 2.75) is 71.3 Å². The van der Waals surface area contributed by atoms with Gasteiger partial charge in [0.15, 0.2) is 0 Å². The molecule has 0 aromatic rings. The molecule has 0 radical (unpaired) electrons. The molecule has 1 saturated heterocycles. The second-order valence-corrected chi connectivity index (χ2v) is 6.16. The highest BCUT2D eigenvalue weighted by Gasteiger charge is 2.32. The van der Waals surface area contributed by atoms with E-state index in [0.717, 1.165) is 38.5 Å². The fraction of sp³-hybridized carbons (Fsp3) is 0.812. The normalized spacial score (nSPS) is 18.2. The van der Waals surface area contributed by atoms with E-state index in [1.54, 1.807) is 18.7 Å². The van der Waals surface area contributed by atoms with Crippen molar-refractivity contribution in [3.8, 4) is 0 Å². The second kappa shape index (κ2) is 8.80. The fourth-order valence-electron chi connectivity index (χ4n) is 2.80. The van der Waals surface area contributed by atoms with Gasteiger partial charge < -0.3 is 10.0 Å². The first kappa shape index (κ1) is 17.7. The van der Waals surface area contributed by atoms with Crippen LogP contribution >= 0.6 is 0 Å². The number of unbranched alkanes of at least 4 members (excludes halogenated alkanes) is 3. The zero-order valence-electron chi connectivity index (χ0n) is 13.1. The third-order valence-electron chi connectivity index (χ3n) is 4.05. The number of aliphatic carboxylic acids is 1. The summed E-state index contributed by atoms with van der Waals surface area (Å²) in [6.07, 6.45) is 6.72. The molecule has 21 heavy (non-hydrogen) atoms. The van der Waals surface area contributed by atoms with Gasteiger partial charge in [0.1, 0.15) is 0 Å². The summed E-state index contributed by atoms with van der Waals surface area (Å²) >= 11 is 0. The number of carboxylic acids is 1. The molecule has 1 aliphatic rings. The van der Waals surface area contributed by atoms with Crippen LogP contribution in [0.4, 0.5) is 0 Å². The SMILES string of the molecule is CC(C)C(=O)C(=O)N1CCC[C@@H]1CCCCCCC(=O)O. The quantitative estimate of drug-likeness (QED) is 0.524. The van der Waals surface area contributed by atoms with Gasteiger partial charge in [-0.2, -0.15) is 0 Å². The van der Waals surface area contributed by atoms with E-state index in [0.29, 0.717) is 13.0 Å². The molecular formula is C16H27NO4. The van der Waals surface area contributed by atoms with E-state index in [9.17, 15) is 14.4 Å². The summed E-state index contributed by atoms with van der Waals surface area (Å²) in [6, 6.07) is 0.194. The summed E-state index contributed by atoms with van der Waals surface area (Å²) in [7, 11) is 0. The van der Waals surface area contributed by atoms with Crippen LogP contribution in [0, 0.1) is 5.92 Å². The molecule has 0 aromatic carbocycles. The molecule has 1 N–H and O–H groups in total. The van der Waals surface area contributed by atoms with Gasteiger partial charge in [-0.25, -0.2) is 0 Å². The van der Waals surface area contributed by atoms with Crippen LogP contribution in [0.15, 0.2) is 0 Å². The Hall–Kier alpha value is -1.39. The lowest BCUT2D eigenvalue weighted by atomic mass is 10.0. The Bertz CT molecular complexity index is 378. The van der Waals surface area contributed by atoms with Gasteiger partial charge in [0.2, 0.25) is 5.78 Å². The predicted octanol–water partition coefficient (Wildman–Crippen LogP) is 2.63. The Balaban J connectivity index is 2.29. The average molecular weight is 297 g/mol. The van der Waals surface area contributed by atoms with Gasteiger partial charge >= 0.3 is 5.97 Å². The smallest absolute Gasteiger partial charge is 0.303 e. The van der Waals surface area contributed by atoms with Crippen molar-refractivity contribution < 1.29 is 19.5 Å². The molecule has 0 bridgehead atoms. The van der Waals surface area contributed by atoms with Gasteiger partial charge in [-0.3, -0.25) is 14.4 Å². The molecule has 0 aliphatic carbocycles. The maximum Gasteiger partial charge on any atom is 0.303 e. The van der Waals surface area contributed by atoms with Crippen molar-refractivity contribution in [3.05, 3.63) is 0 Å². The third-order valence-corrected chi connectivity index (χ3v) is 4.05. The highest BCUT2D eigenvalue weighted by Crippen LogP contribution is 2.23. The van der Waals surface area contributed by atoms with E-state index in [-0.39, 0.29) is 30.1 Å². The number of hydrogen-bond donors (Lipinski definition) is 1. The molecule has 1 fully saturated rings. The standard InChI is InChI=1S/C16H27NO4/c1-12(2)15(20)16(21)17-11-7-9-13(17)8-5-3-4-6-10-14(18)19/h12-13H,3-11H2,1-2H3,(H,18,19)/t13-/m0/s1. The van der Waals surface area contributed by atoms with E-state index in [2.05, 4.69) is 0 Å². The molecule has 1 heterocycles. The summed E-state index contributed by atoms with van der Waals surface area (Å²) in [4.78, 5) is 36.1. The van der Waals surface area contributed by atoms with Crippen LogP contribution in [-0.2, 0) is 14.4 Å². The third kappa shape index (κ3) is 5.86. The second-order valence-electron chi connectivity index (χ2n) is 6.16. The summed E-state index contributed by atoms with van der Waals surface area (Å²) in [6.45, 7) is 4.21. The summed E-state index contributed by atoms with van der Waals surface area (Å²) in [5, 5.41) is 8.56. The van der Waals surface area contributed by atoms with Crippen LogP contribution in [0.1, 0.15) is 65.2 Å². The van der Waals surface area contributed by atoms with E-state index in [4.69, 9.17) is 5.11 Å². The van der Waals surface area contributed by atoms with Gasteiger partial charge in [-0.1, -0.05) is 33.1 Å². The molecule has 0 aromatic heterocycles. The first-order chi connectivity index (χ1) is 9.93. The summed E-state index contributed by atoms with van der Waals surface area (Å²) in [5.74, 6) is -1.59. The Morgan fingerprint density at radius 3 is 2.43 bits per heavy atom. The zero-order valence-corrected chi connectivity index (χ0v) is 13.1. The van der Waals surface area contributed by atoms with Crippen LogP contribution in [0.2, 0.25) is 0 Å². The molecule has 5 heteroatoms. The van der Waals surface area contributed by atoms with Crippen LogP contribution in [0.25, 0.3) is 0 Å². The zero-order chi connectivity index (χ0) is 15.8. The number of Topliss-reactive ketones (excluding diaryl/α,β-unsaturated/α-hetero) is 1. The van der Waals surface area contributed by atoms with Gasteiger partial charge in [0.25, 0.3) is 5.91 Å². The number of rotatable bonds is 9. The van der Waals surface area contributed by atoms with Crippen molar-refractivity contribution >= 4 is 17.7 Å². The van der Waals surface area contributed by atoms with Gasteiger partial charge in [0, 0.05) is 24.9 Å². The van der Waals surface area contributed by atoms with E-state index in [1.807, 2.05) is 0 Å². The van der Waals surface area contributed by atoms with Crippen molar-refractivity contribution in [1.82, 2.24) is 4.90 Å². The monoisotopic (exact) mass is 297 g/mol. The lowest BCUT2D eigenvalue weighted by Crippen LogP contribution is -2.41. The van der Waals surface area contributed by atoms with Crippen LogP contribution in [0.5, 0.6) is 0 Å². The Kier molecular flexibility index (Phi) is 7.40. The molecular weight excluding hydrogens is 270 g/mol. The Labute approximate surface area is 126 Å². The van der Waals surface area contributed by atoms with Crippen LogP contribution in [-0.4, -0.2) is 40.3 Å². The number of nitrogens with zero attached hydrogens (tertiary/aromatic N) is 1. The lowest BCUT2D eigenvalue weighted by molar-refractivity contribution is -0.146. The van der Waals surface area contributed by atoms with Crippen LogP contribution in [0.3, 0.4) is 0 Å². The molecule has 1 rings (SSSR count). The number of carbonyl (C=O) groups excluding carboxylic acids is 2. The summed E-state index contributed by atoms with van der Waals surface area (Å²) < 4.78 is 0. The maximum absolute atomic E-state index is 12.1. The number of amides is 1. The maximum atomic E-state index is 12.1. The number of likely N-dealkylation sites (tertiary alicyclic amines) is 1. The number of carboxylic acid groups (broad SMARTS) is 1. The van der Waals surface area contributed by atoms with Crippen molar-refractivity contribution in [2.24, 2.45) is 5.92 Å². The highest BCUT2D eigenvalue weighted by molar-refractivity contribution is 6.36. The topological polar surface area (TPSA) is 74.7 Å². The average Bonchev–Trinajstić information content (AvgIpc) is 2.88. The predicted molar refractivity (Wildman–Crippen MR) is 79.9 cm³/mol. The molecule has 120 valence electrons. The largest absolute Gasteiger partial charge is 0.481 e. The fourth-order valence-corrected chi connectivity index (χ4v) is 2.80. The van der Waals surface area contributed by atoms with Gasteiger partial charge in [-0.15, -0.1) is 0 Å². The number of carbonyl (C=O) groups is 3. The minimum atomic E-state index is -0.741. The first-order valence-electron chi connectivity index (χ1n) is 8.00. The van der Waals surface area contributed by atoms with E-state index < -0.39 is 5.97 Å². The molecule has 1 atom stereocenters. The lowest BCUT2D eigenvalue weighted by Gasteiger charge is -2.24. The summed E-state index contributed by atoms with van der Waals surface area (Å²) in [5.41, 5.74) is 0. The van der Waals surface area contributed by atoms with Gasteiger partial charge in [0.05, 0.1) is 0 Å². The minimum Gasteiger partial charge on any atom is -0.481 e. The van der Waals surface area contributed by atoms with Crippen LogP contribution < -0.4 is 0 Å². The van der Waals surface area contributed by atoms with Crippen molar-refractivity contribution in [1.29, 1.82) is 0 Å². The molecule has 0 saturated carbocycles. The van der Waals surface area contributed by atoms with Crippen molar-refractivity contribution in [3.63, 3.8) is 0 Å². The molecule has 0 unspecified atom stereocenters.